The van der Waals surface area contributed by atoms with Crippen LogP contribution in [0.5, 0.6) is 0 Å². The second kappa shape index (κ2) is 8.75. The predicted octanol–water partition coefficient (Wildman–Crippen LogP) is 7.07. The molecule has 1 N–H and O–H groups in total. The smallest absolute Gasteiger partial charge is 0.302 e. The zero-order chi connectivity index (χ0) is 23.3. The molecule has 0 aromatic rings. The number of carbonyl (C=O) groups is 1. The predicted molar refractivity (Wildman–Crippen MR) is 130 cm³/mol. The number of allylic oxidation sites excluding steroid dienone is 1. The van der Waals surface area contributed by atoms with Gasteiger partial charge in [0.15, 0.2) is 0 Å². The Labute approximate surface area is 196 Å². The van der Waals surface area contributed by atoms with Crippen LogP contribution in [0.25, 0.3) is 0 Å². The molecule has 4 aliphatic carbocycles. The maximum Gasteiger partial charge on any atom is 0.302 e. The van der Waals surface area contributed by atoms with E-state index in [0.717, 1.165) is 55.3 Å². The second-order valence-electron chi connectivity index (χ2n) is 13.1. The number of aliphatic hydroxyl groups is 1. The largest absolute Gasteiger partial charge is 0.462 e. The zero-order valence-electron chi connectivity index (χ0n) is 21.6. The second-order valence-corrected chi connectivity index (χ2v) is 13.1. The minimum Gasteiger partial charge on any atom is -0.462 e. The summed E-state index contributed by atoms with van der Waals surface area (Å²) in [5.41, 5.74) is 1.87. The quantitative estimate of drug-likeness (QED) is 0.352. The van der Waals surface area contributed by atoms with Crippen molar-refractivity contribution in [2.75, 3.05) is 0 Å². The topological polar surface area (TPSA) is 46.5 Å². The summed E-state index contributed by atoms with van der Waals surface area (Å²) in [5.74, 6) is 3.98. The van der Waals surface area contributed by atoms with E-state index in [2.05, 4.69) is 26.8 Å². The molecule has 3 nitrogen and oxygen atoms in total. The Balaban J connectivity index is 1.45. The molecule has 0 radical (unpaired) electrons. The van der Waals surface area contributed by atoms with Gasteiger partial charge in [-0.3, -0.25) is 4.79 Å². The van der Waals surface area contributed by atoms with Gasteiger partial charge in [-0.2, -0.15) is 0 Å². The molecule has 0 bridgehead atoms. The summed E-state index contributed by atoms with van der Waals surface area (Å²) >= 11 is 0. The molecule has 0 aromatic heterocycles. The van der Waals surface area contributed by atoms with Crippen molar-refractivity contribution in [1.29, 1.82) is 0 Å². The molecule has 3 saturated carbocycles. The lowest BCUT2D eigenvalue weighted by atomic mass is 9.47. The van der Waals surface area contributed by atoms with Crippen LogP contribution < -0.4 is 0 Å². The van der Waals surface area contributed by atoms with Crippen LogP contribution in [0.15, 0.2) is 11.6 Å². The van der Waals surface area contributed by atoms with Gasteiger partial charge in [-0.05, 0) is 106 Å². The lowest BCUT2D eigenvalue weighted by Gasteiger charge is -2.58. The summed E-state index contributed by atoms with van der Waals surface area (Å²) in [4.78, 5) is 11.5. The van der Waals surface area contributed by atoms with E-state index in [-0.39, 0.29) is 12.1 Å². The van der Waals surface area contributed by atoms with Gasteiger partial charge in [0.1, 0.15) is 6.10 Å². The van der Waals surface area contributed by atoms with Gasteiger partial charge in [0.25, 0.3) is 0 Å². The van der Waals surface area contributed by atoms with E-state index < -0.39 is 5.60 Å². The first kappa shape index (κ1) is 24.3. The maximum atomic E-state index is 11.5. The molecule has 8 atom stereocenters. The number of rotatable bonds is 6. The number of ether oxygens (including phenoxy) is 1. The van der Waals surface area contributed by atoms with Crippen molar-refractivity contribution in [2.24, 2.45) is 40.4 Å². The summed E-state index contributed by atoms with van der Waals surface area (Å²) < 4.78 is 5.60. The first-order valence-electron chi connectivity index (χ1n) is 13.5. The summed E-state index contributed by atoms with van der Waals surface area (Å²) in [7, 11) is 0. The lowest BCUT2D eigenvalue weighted by molar-refractivity contribution is -0.148. The average molecular weight is 445 g/mol. The third-order valence-corrected chi connectivity index (χ3v) is 10.6. The molecule has 3 heteroatoms. The molecular weight excluding hydrogens is 396 g/mol. The Morgan fingerprint density at radius 1 is 1.19 bits per heavy atom. The molecule has 3 fully saturated rings. The van der Waals surface area contributed by atoms with Crippen LogP contribution in [-0.2, 0) is 9.53 Å². The molecule has 182 valence electrons. The molecule has 0 spiro atoms. The standard InChI is InChI=1S/C29H48O3/c1-19(8-7-15-27(3,4)31)24-11-12-25-23-10-9-21-18-22(32-20(2)30)13-16-28(21,5)26(23)14-17-29(24,25)6/h9,19,22-26,31H,7-8,10-18H2,1-6H3/t19-,22+,23+,24-,25+,26+,28+,29-/m1/s1. The molecule has 0 heterocycles. The van der Waals surface area contributed by atoms with Crippen molar-refractivity contribution in [3.05, 3.63) is 11.6 Å². The number of carbonyl (C=O) groups excluding carboxylic acids is 1. The summed E-state index contributed by atoms with van der Waals surface area (Å²) in [6, 6.07) is 0. The number of hydrogen-bond acceptors (Lipinski definition) is 3. The van der Waals surface area contributed by atoms with E-state index in [4.69, 9.17) is 4.74 Å². The summed E-state index contributed by atoms with van der Waals surface area (Å²) in [6.45, 7) is 13.1. The van der Waals surface area contributed by atoms with Crippen LogP contribution in [0, 0.1) is 40.4 Å². The van der Waals surface area contributed by atoms with E-state index >= 15 is 0 Å². The zero-order valence-corrected chi connectivity index (χ0v) is 21.6. The van der Waals surface area contributed by atoms with E-state index in [9.17, 15) is 9.90 Å². The molecular formula is C29H48O3. The van der Waals surface area contributed by atoms with Crippen molar-refractivity contribution in [3.8, 4) is 0 Å². The average Bonchev–Trinajstić information content (AvgIpc) is 3.04. The summed E-state index contributed by atoms with van der Waals surface area (Å²) in [6.07, 6.45) is 15.9. The fourth-order valence-electron chi connectivity index (χ4n) is 9.00. The third-order valence-electron chi connectivity index (χ3n) is 10.6. The van der Waals surface area contributed by atoms with Gasteiger partial charge in [-0.1, -0.05) is 45.3 Å². The van der Waals surface area contributed by atoms with Crippen molar-refractivity contribution >= 4 is 5.97 Å². The highest BCUT2D eigenvalue weighted by Crippen LogP contribution is 2.67. The third kappa shape index (κ3) is 4.44. The highest BCUT2D eigenvalue weighted by Gasteiger charge is 2.59. The van der Waals surface area contributed by atoms with Gasteiger partial charge in [0.2, 0.25) is 0 Å². The number of hydrogen-bond donors (Lipinski definition) is 1. The molecule has 0 unspecified atom stereocenters. The Kier molecular flexibility index (Phi) is 6.64. The monoisotopic (exact) mass is 444 g/mol. The molecule has 32 heavy (non-hydrogen) atoms. The first-order valence-corrected chi connectivity index (χ1v) is 13.5. The molecule has 0 aliphatic heterocycles. The van der Waals surface area contributed by atoms with Gasteiger partial charge >= 0.3 is 5.97 Å². The minimum absolute atomic E-state index is 0.0952. The van der Waals surface area contributed by atoms with E-state index in [1.54, 1.807) is 12.5 Å². The number of esters is 1. The van der Waals surface area contributed by atoms with Gasteiger partial charge in [-0.25, -0.2) is 0 Å². The normalized spacial score (nSPS) is 42.3. The Morgan fingerprint density at radius 3 is 2.62 bits per heavy atom. The highest BCUT2D eigenvalue weighted by atomic mass is 16.5. The van der Waals surface area contributed by atoms with Crippen molar-refractivity contribution in [1.82, 2.24) is 0 Å². The molecule has 0 saturated heterocycles. The van der Waals surface area contributed by atoms with Gasteiger partial charge in [-0.15, -0.1) is 0 Å². The fraction of sp³-hybridized carbons (Fsp3) is 0.897. The van der Waals surface area contributed by atoms with Gasteiger partial charge in [0.05, 0.1) is 5.60 Å². The number of fused-ring (bicyclic) bond motifs is 5. The maximum absolute atomic E-state index is 11.5. The van der Waals surface area contributed by atoms with E-state index in [1.165, 1.54) is 44.9 Å². The highest BCUT2D eigenvalue weighted by molar-refractivity contribution is 5.66. The van der Waals surface area contributed by atoms with Crippen molar-refractivity contribution in [2.45, 2.75) is 124 Å². The minimum atomic E-state index is -0.532. The van der Waals surface area contributed by atoms with Crippen LogP contribution in [0.3, 0.4) is 0 Å². The Hall–Kier alpha value is -0.830. The fourth-order valence-corrected chi connectivity index (χ4v) is 9.00. The Bertz CT molecular complexity index is 733. The lowest BCUT2D eigenvalue weighted by Crippen LogP contribution is -2.51. The van der Waals surface area contributed by atoms with Gasteiger partial charge in [0, 0.05) is 13.3 Å². The van der Waals surface area contributed by atoms with Crippen molar-refractivity contribution in [3.63, 3.8) is 0 Å². The summed E-state index contributed by atoms with van der Waals surface area (Å²) in [5, 5.41) is 10.1. The Morgan fingerprint density at radius 2 is 1.94 bits per heavy atom. The molecule has 4 rings (SSSR count). The van der Waals surface area contributed by atoms with Crippen LogP contribution in [0.1, 0.15) is 112 Å². The molecule has 0 amide bonds. The van der Waals surface area contributed by atoms with Crippen LogP contribution in [0.4, 0.5) is 0 Å². The van der Waals surface area contributed by atoms with E-state index in [1.807, 2.05) is 13.8 Å². The van der Waals surface area contributed by atoms with Crippen LogP contribution in [-0.4, -0.2) is 22.8 Å². The van der Waals surface area contributed by atoms with Crippen molar-refractivity contribution < 1.29 is 14.6 Å². The molecule has 4 aliphatic rings. The first-order chi connectivity index (χ1) is 14.9. The SMILES string of the molecule is CC(=O)O[C@H]1CC[C@@]2(C)C(=CC[C@H]3[C@@H]4CC[C@H]([C@H](C)CCCC(C)(C)O)[C@@]4(C)CC[C@@H]32)C1. The molecule has 0 aromatic carbocycles. The van der Waals surface area contributed by atoms with E-state index in [0.29, 0.717) is 10.8 Å². The van der Waals surface area contributed by atoms with Crippen LogP contribution >= 0.6 is 0 Å². The van der Waals surface area contributed by atoms with Gasteiger partial charge < -0.3 is 9.84 Å². The van der Waals surface area contributed by atoms with Crippen LogP contribution in [0.2, 0.25) is 0 Å².